The van der Waals surface area contributed by atoms with Crippen LogP contribution in [0.3, 0.4) is 0 Å². The van der Waals surface area contributed by atoms with Crippen LogP contribution in [0.1, 0.15) is 129 Å². The molecule has 0 atom stereocenters. The van der Waals surface area contributed by atoms with E-state index in [0.717, 1.165) is 36.7 Å². The van der Waals surface area contributed by atoms with Gasteiger partial charge in [0.2, 0.25) is 0 Å². The highest BCUT2D eigenvalue weighted by Gasteiger charge is 2.19. The van der Waals surface area contributed by atoms with Crippen LogP contribution in [0.4, 0.5) is 0 Å². The number of aromatic amines is 1. The van der Waals surface area contributed by atoms with Gasteiger partial charge in [-0.15, -0.1) is 0 Å². The zero-order valence-electron chi connectivity index (χ0n) is 37.8. The number of rotatable bonds is 8. The van der Waals surface area contributed by atoms with Crippen LogP contribution in [0.15, 0.2) is 116 Å². The van der Waals surface area contributed by atoms with Gasteiger partial charge in [-0.05, 0) is 120 Å². The number of aromatic hydroxyl groups is 2. The number of fused-ring (bicyclic) bond motifs is 1. The molecular formula is C53H76N2O2. The third-order valence-corrected chi connectivity index (χ3v) is 8.86. The molecule has 0 spiro atoms. The Kier molecular flexibility index (Phi) is 20.7. The van der Waals surface area contributed by atoms with E-state index in [9.17, 15) is 0 Å². The van der Waals surface area contributed by atoms with E-state index in [4.69, 9.17) is 10.2 Å². The van der Waals surface area contributed by atoms with Crippen LogP contribution in [0.2, 0.25) is 0 Å². The molecule has 0 radical (unpaired) electrons. The summed E-state index contributed by atoms with van der Waals surface area (Å²) in [6.07, 6.45) is 12.7. The number of nitrogens with one attached hydrogen (secondary N) is 1. The monoisotopic (exact) mass is 773 g/mol. The van der Waals surface area contributed by atoms with Gasteiger partial charge in [0.15, 0.2) is 11.5 Å². The summed E-state index contributed by atoms with van der Waals surface area (Å²) >= 11 is 0. The largest absolute Gasteiger partial charge is 0.504 e. The average molecular weight is 773 g/mol. The van der Waals surface area contributed by atoms with Crippen molar-refractivity contribution in [3.05, 3.63) is 155 Å². The van der Waals surface area contributed by atoms with Gasteiger partial charge in [0, 0.05) is 11.9 Å². The fourth-order valence-electron chi connectivity index (χ4n) is 6.49. The normalized spacial score (nSPS) is 11.9. The molecule has 0 aliphatic heterocycles. The maximum atomic E-state index is 9.16. The number of nitrogens with zero attached hydrogens (tertiary/aromatic N) is 1. The maximum Gasteiger partial charge on any atom is 0.157 e. The van der Waals surface area contributed by atoms with E-state index in [1.807, 2.05) is 12.3 Å². The molecule has 0 bridgehead atoms. The Balaban J connectivity index is 0.000000247. The molecule has 0 fully saturated rings. The fraction of sp³-hybridized carbons (Fsp3) is 0.453. The van der Waals surface area contributed by atoms with Gasteiger partial charge in [-0.25, -0.2) is 4.98 Å². The van der Waals surface area contributed by atoms with Crippen molar-refractivity contribution >= 4 is 5.57 Å². The standard InChI is InChI=1S/C14H18.C11H16.C10H14O2.C10H14.C8H14N2/c1-14(2,3)10-12-9-8-11-6-4-5-7-13(11)12;1-9(2)8-11-6-4-10(3)5-7-11;1-7(2)5-8-3-4-9(11)10(12)6-8;1-9(2)8-10-6-4-3-5-7-10;1-8(2,3)4-7-5-9-6-10-7/h4-7,9H,8,10H2,1-3H3;4-7,9H,8H2,1-3H3;3-4,6-7,11-12H,5H2,1-2H3;3-7,9H,8H2,1-2H3;5-6H,4H2,1-3H3,(H,9,10). The van der Waals surface area contributed by atoms with E-state index in [1.165, 1.54) is 64.4 Å². The zero-order chi connectivity index (χ0) is 42.6. The molecule has 1 aliphatic carbocycles. The number of hydrogen-bond acceptors (Lipinski definition) is 3. The molecule has 1 heterocycles. The average Bonchev–Trinajstić information content (AvgIpc) is 3.77. The topological polar surface area (TPSA) is 69.1 Å². The molecule has 3 N–H and O–H groups in total. The number of phenolic OH excluding ortho intramolecular Hbond substituents is 2. The molecule has 310 valence electrons. The second-order valence-electron chi connectivity index (χ2n) is 19.2. The van der Waals surface area contributed by atoms with Gasteiger partial charge < -0.3 is 15.2 Å². The maximum absolute atomic E-state index is 9.16. The van der Waals surface area contributed by atoms with Crippen LogP contribution in [-0.2, 0) is 32.1 Å². The molecule has 4 heteroatoms. The first-order valence-corrected chi connectivity index (χ1v) is 21.1. The summed E-state index contributed by atoms with van der Waals surface area (Å²) < 4.78 is 0. The van der Waals surface area contributed by atoms with Crippen LogP contribution >= 0.6 is 0 Å². The first kappa shape index (κ1) is 48.6. The van der Waals surface area contributed by atoms with Crippen molar-refractivity contribution in [3.8, 4) is 11.5 Å². The van der Waals surface area contributed by atoms with Crippen LogP contribution in [0.5, 0.6) is 11.5 Å². The molecule has 5 aromatic rings. The molecule has 4 nitrogen and oxygen atoms in total. The van der Waals surface area contributed by atoms with E-state index < -0.39 is 0 Å². The summed E-state index contributed by atoms with van der Waals surface area (Å²) in [4.78, 5) is 7.03. The van der Waals surface area contributed by atoms with Crippen molar-refractivity contribution in [3.63, 3.8) is 0 Å². The third kappa shape index (κ3) is 22.1. The first-order chi connectivity index (χ1) is 26.7. The Labute approximate surface area is 347 Å². The Bertz CT molecular complexity index is 1840. The van der Waals surface area contributed by atoms with E-state index in [1.54, 1.807) is 12.4 Å². The Morgan fingerprint density at radius 3 is 1.61 bits per heavy atom. The first-order valence-electron chi connectivity index (χ1n) is 21.1. The van der Waals surface area contributed by atoms with Crippen molar-refractivity contribution in [2.75, 3.05) is 0 Å². The van der Waals surface area contributed by atoms with Crippen molar-refractivity contribution in [2.45, 2.75) is 129 Å². The van der Waals surface area contributed by atoms with Crippen molar-refractivity contribution < 1.29 is 10.2 Å². The third-order valence-electron chi connectivity index (χ3n) is 8.86. The number of hydrogen-bond donors (Lipinski definition) is 3. The van der Waals surface area contributed by atoms with E-state index in [2.05, 4.69) is 185 Å². The Hall–Kier alpha value is -4.57. The lowest BCUT2D eigenvalue weighted by Crippen LogP contribution is -2.09. The van der Waals surface area contributed by atoms with Crippen molar-refractivity contribution in [1.82, 2.24) is 9.97 Å². The number of allylic oxidation sites excluding steroid dienone is 2. The number of phenols is 2. The van der Waals surface area contributed by atoms with Crippen LogP contribution in [0, 0.1) is 35.5 Å². The lowest BCUT2D eigenvalue weighted by molar-refractivity contribution is 0.403. The molecule has 1 aliphatic rings. The molecule has 0 amide bonds. The van der Waals surface area contributed by atoms with Gasteiger partial charge >= 0.3 is 0 Å². The number of benzene rings is 4. The molecule has 57 heavy (non-hydrogen) atoms. The molecule has 4 aromatic carbocycles. The van der Waals surface area contributed by atoms with Crippen molar-refractivity contribution in [1.29, 1.82) is 0 Å². The van der Waals surface area contributed by atoms with Crippen LogP contribution in [0.25, 0.3) is 5.57 Å². The lowest BCUT2D eigenvalue weighted by Gasteiger charge is -2.19. The second kappa shape index (κ2) is 24.3. The van der Waals surface area contributed by atoms with Gasteiger partial charge in [-0.3, -0.25) is 0 Å². The SMILES string of the molecule is CC(C)(C)CC1=CCc2ccccc21.CC(C)(C)Cc1cnc[nH]1.CC(C)Cc1ccc(O)c(O)c1.CC(C)Cc1ccccc1.Cc1ccc(CC(C)C)cc1. The highest BCUT2D eigenvalue weighted by molar-refractivity contribution is 5.73. The van der Waals surface area contributed by atoms with Gasteiger partial charge in [-0.2, -0.15) is 0 Å². The molecule has 6 rings (SSSR count). The Morgan fingerprint density at radius 1 is 0.596 bits per heavy atom. The molecule has 0 unspecified atom stereocenters. The summed E-state index contributed by atoms with van der Waals surface area (Å²) in [6, 6.07) is 33.1. The molecule has 0 saturated carbocycles. The number of aryl methyl sites for hydroxylation is 1. The van der Waals surface area contributed by atoms with Crippen molar-refractivity contribution in [2.24, 2.45) is 28.6 Å². The van der Waals surface area contributed by atoms with Gasteiger partial charge in [-0.1, -0.05) is 180 Å². The lowest BCUT2D eigenvalue weighted by atomic mass is 9.86. The predicted octanol–water partition coefficient (Wildman–Crippen LogP) is 14.4. The number of aromatic nitrogens is 2. The molecule has 1 aromatic heterocycles. The quantitative estimate of drug-likeness (QED) is 0.138. The Morgan fingerprint density at radius 2 is 1.11 bits per heavy atom. The fourth-order valence-corrected chi connectivity index (χ4v) is 6.49. The predicted molar refractivity (Wildman–Crippen MR) is 247 cm³/mol. The summed E-state index contributed by atoms with van der Waals surface area (Å²) in [6.45, 7) is 28.9. The smallest absolute Gasteiger partial charge is 0.157 e. The summed E-state index contributed by atoms with van der Waals surface area (Å²) in [5.74, 6) is 2.00. The van der Waals surface area contributed by atoms with Gasteiger partial charge in [0.05, 0.1) is 6.33 Å². The molecule has 0 saturated heterocycles. The zero-order valence-corrected chi connectivity index (χ0v) is 37.8. The van der Waals surface area contributed by atoms with E-state index in [0.29, 0.717) is 16.7 Å². The van der Waals surface area contributed by atoms with E-state index in [-0.39, 0.29) is 11.5 Å². The van der Waals surface area contributed by atoms with E-state index >= 15 is 0 Å². The summed E-state index contributed by atoms with van der Waals surface area (Å²) in [7, 11) is 0. The second-order valence-corrected chi connectivity index (χ2v) is 19.2. The summed E-state index contributed by atoms with van der Waals surface area (Å²) in [5.41, 5.74) is 11.8. The minimum absolute atomic E-state index is 0.0341. The van der Waals surface area contributed by atoms with Gasteiger partial charge in [0.1, 0.15) is 0 Å². The summed E-state index contributed by atoms with van der Waals surface area (Å²) in [5, 5.41) is 18.2. The van der Waals surface area contributed by atoms with Gasteiger partial charge in [0.25, 0.3) is 0 Å². The van der Waals surface area contributed by atoms with Crippen LogP contribution in [-0.4, -0.2) is 20.2 Å². The minimum atomic E-state index is -0.0532. The minimum Gasteiger partial charge on any atom is -0.504 e. The highest BCUT2D eigenvalue weighted by Crippen LogP contribution is 2.36. The van der Waals surface area contributed by atoms with Crippen LogP contribution < -0.4 is 0 Å². The number of imidazole rings is 1. The molecular weight excluding hydrogens is 697 g/mol. The number of H-pyrrole nitrogens is 1. The highest BCUT2D eigenvalue weighted by atomic mass is 16.3.